The summed E-state index contributed by atoms with van der Waals surface area (Å²) in [7, 11) is 0. The van der Waals surface area contributed by atoms with Gasteiger partial charge in [-0.2, -0.15) is 5.10 Å². The van der Waals surface area contributed by atoms with E-state index in [1.54, 1.807) is 43.8 Å². The van der Waals surface area contributed by atoms with Crippen molar-refractivity contribution < 1.29 is 14.3 Å². The van der Waals surface area contributed by atoms with E-state index in [0.29, 0.717) is 10.6 Å². The number of nitrogens with zero attached hydrogens (tertiary/aromatic N) is 2. The number of rotatable bonds is 7. The summed E-state index contributed by atoms with van der Waals surface area (Å²) in [6, 6.07) is 7.27. The van der Waals surface area contributed by atoms with Gasteiger partial charge in [-0.05, 0) is 44.0 Å². The first kappa shape index (κ1) is 21.0. The van der Waals surface area contributed by atoms with E-state index >= 15 is 0 Å². The molecule has 1 amide bonds. The van der Waals surface area contributed by atoms with E-state index in [4.69, 9.17) is 16.3 Å². The Kier molecular flexibility index (Phi) is 7.02. The number of hydrogen-bond donors (Lipinski definition) is 1. The summed E-state index contributed by atoms with van der Waals surface area (Å²) in [4.78, 5) is 24.6. The molecule has 1 aromatic carbocycles. The lowest BCUT2D eigenvalue weighted by Gasteiger charge is -2.15. The van der Waals surface area contributed by atoms with Crippen LogP contribution < -0.4 is 5.32 Å². The number of esters is 1. The summed E-state index contributed by atoms with van der Waals surface area (Å²) in [5.74, 6) is -0.938. The molecule has 0 saturated carbocycles. The lowest BCUT2D eigenvalue weighted by molar-refractivity contribution is -0.151. The molecule has 0 spiro atoms. The van der Waals surface area contributed by atoms with Crippen LogP contribution in [0.5, 0.6) is 0 Å². The maximum atomic E-state index is 12.7. The Balaban J connectivity index is 2.17. The Bertz CT molecular complexity index is 797. The van der Waals surface area contributed by atoms with Crippen LogP contribution in [0, 0.1) is 5.92 Å². The number of aromatic nitrogens is 2. The molecule has 6 nitrogen and oxygen atoms in total. The summed E-state index contributed by atoms with van der Waals surface area (Å²) in [6.07, 6.45) is 1.37. The van der Waals surface area contributed by atoms with E-state index in [0.717, 1.165) is 11.4 Å². The molecule has 1 heterocycles. The molecule has 146 valence electrons. The second-order valence-electron chi connectivity index (χ2n) is 7.08. The van der Waals surface area contributed by atoms with Crippen LogP contribution in [0.25, 0.3) is 5.69 Å². The molecule has 2 aromatic rings. The van der Waals surface area contributed by atoms with Gasteiger partial charge in [-0.15, -0.1) is 0 Å². The fourth-order valence-electron chi connectivity index (χ4n) is 2.65. The zero-order valence-corrected chi connectivity index (χ0v) is 17.1. The van der Waals surface area contributed by atoms with E-state index in [1.807, 2.05) is 26.0 Å². The van der Waals surface area contributed by atoms with Crippen LogP contribution in [-0.4, -0.2) is 34.3 Å². The Hall–Kier alpha value is -2.34. The molecule has 0 bridgehead atoms. The lowest BCUT2D eigenvalue weighted by atomic mass is 10.0. The van der Waals surface area contributed by atoms with Gasteiger partial charge < -0.3 is 10.1 Å². The molecule has 0 fully saturated rings. The van der Waals surface area contributed by atoms with Crippen molar-refractivity contribution in [1.29, 1.82) is 0 Å². The minimum Gasteiger partial charge on any atom is -0.463 e. The molecule has 0 saturated heterocycles. The Morgan fingerprint density at radius 1 is 1.15 bits per heavy atom. The number of halogens is 1. The minimum atomic E-state index is -0.426. The topological polar surface area (TPSA) is 73.2 Å². The van der Waals surface area contributed by atoms with Gasteiger partial charge >= 0.3 is 5.97 Å². The van der Waals surface area contributed by atoms with Crippen molar-refractivity contribution in [2.75, 3.05) is 6.54 Å². The highest BCUT2D eigenvalue weighted by Crippen LogP contribution is 2.24. The third-order valence-electron chi connectivity index (χ3n) is 3.99. The van der Waals surface area contributed by atoms with Crippen molar-refractivity contribution in [3.63, 3.8) is 0 Å². The van der Waals surface area contributed by atoms with Gasteiger partial charge in [-0.3, -0.25) is 9.59 Å². The zero-order valence-electron chi connectivity index (χ0n) is 16.3. The molecule has 0 radical (unpaired) electrons. The minimum absolute atomic E-state index is 0.0762. The smallest absolute Gasteiger partial charge is 0.310 e. The van der Waals surface area contributed by atoms with Gasteiger partial charge in [0.2, 0.25) is 0 Å². The highest BCUT2D eigenvalue weighted by molar-refractivity contribution is 6.30. The van der Waals surface area contributed by atoms with Crippen molar-refractivity contribution in [2.24, 2.45) is 5.92 Å². The lowest BCUT2D eigenvalue weighted by Crippen LogP contribution is -2.33. The highest BCUT2D eigenvalue weighted by atomic mass is 35.5. The van der Waals surface area contributed by atoms with E-state index in [9.17, 15) is 9.59 Å². The number of benzene rings is 1. The maximum Gasteiger partial charge on any atom is 0.310 e. The molecular weight excluding hydrogens is 366 g/mol. The summed E-state index contributed by atoms with van der Waals surface area (Å²) < 4.78 is 6.91. The molecule has 2 rings (SSSR count). The van der Waals surface area contributed by atoms with Crippen LogP contribution >= 0.6 is 11.6 Å². The number of nitrogens with one attached hydrogen (secondary N) is 1. The van der Waals surface area contributed by atoms with E-state index in [-0.39, 0.29) is 30.4 Å². The number of carbonyl (C=O) groups excluding carboxylic acids is 2. The second-order valence-corrected chi connectivity index (χ2v) is 7.52. The van der Waals surface area contributed by atoms with Crippen molar-refractivity contribution in [1.82, 2.24) is 15.1 Å². The first-order valence-corrected chi connectivity index (χ1v) is 9.41. The van der Waals surface area contributed by atoms with Gasteiger partial charge in [-0.25, -0.2) is 4.68 Å². The van der Waals surface area contributed by atoms with Crippen LogP contribution in [-0.2, 0) is 9.53 Å². The summed E-state index contributed by atoms with van der Waals surface area (Å²) >= 11 is 5.95. The second kappa shape index (κ2) is 9.04. The van der Waals surface area contributed by atoms with Crippen molar-refractivity contribution in [3.05, 3.63) is 46.7 Å². The van der Waals surface area contributed by atoms with Crippen LogP contribution in [0.1, 0.15) is 56.6 Å². The average molecular weight is 392 g/mol. The predicted octanol–water partition coefficient (Wildman–Crippen LogP) is 3.97. The molecule has 1 atom stereocenters. The third-order valence-corrected chi connectivity index (χ3v) is 4.24. The normalized spacial score (nSPS) is 12.3. The van der Waals surface area contributed by atoms with Gasteiger partial charge in [0.15, 0.2) is 0 Å². The molecule has 7 heteroatoms. The Morgan fingerprint density at radius 2 is 1.78 bits per heavy atom. The van der Waals surface area contributed by atoms with Crippen LogP contribution in [0.2, 0.25) is 5.02 Å². The molecule has 0 aliphatic rings. The fourth-order valence-corrected chi connectivity index (χ4v) is 2.78. The quantitative estimate of drug-likeness (QED) is 0.725. The fraction of sp³-hybridized carbons (Fsp3) is 0.450. The first-order chi connectivity index (χ1) is 12.7. The Labute approximate surface area is 164 Å². The van der Waals surface area contributed by atoms with Crippen molar-refractivity contribution in [2.45, 2.75) is 46.6 Å². The molecule has 1 aromatic heterocycles. The van der Waals surface area contributed by atoms with Crippen LogP contribution in [0.15, 0.2) is 30.5 Å². The number of carbonyl (C=O) groups is 2. The summed E-state index contributed by atoms with van der Waals surface area (Å²) in [5.41, 5.74) is 2.12. The van der Waals surface area contributed by atoms with E-state index in [1.165, 1.54) is 0 Å². The van der Waals surface area contributed by atoms with Gasteiger partial charge in [0.05, 0.1) is 35.2 Å². The monoisotopic (exact) mass is 391 g/mol. The first-order valence-electron chi connectivity index (χ1n) is 9.03. The molecule has 27 heavy (non-hydrogen) atoms. The van der Waals surface area contributed by atoms with Gasteiger partial charge in [-0.1, -0.05) is 32.4 Å². The van der Waals surface area contributed by atoms with Gasteiger partial charge in [0, 0.05) is 11.6 Å². The summed E-state index contributed by atoms with van der Waals surface area (Å²) in [5, 5.41) is 7.83. The molecule has 0 aliphatic carbocycles. The maximum absolute atomic E-state index is 12.7. The largest absolute Gasteiger partial charge is 0.463 e. The number of amides is 1. The molecule has 1 N–H and O–H groups in total. The van der Waals surface area contributed by atoms with Gasteiger partial charge in [0.25, 0.3) is 5.91 Å². The Morgan fingerprint density at radius 3 is 2.33 bits per heavy atom. The van der Waals surface area contributed by atoms with E-state index < -0.39 is 5.92 Å². The molecular formula is C20H26ClN3O3. The molecule has 0 aliphatic heterocycles. The standard InChI is InChI=1S/C20H26ClN3O3/c1-12(2)18-17(11-23-24(18)16-8-6-15(21)7-9-16)19(25)22-10-14(5)20(26)27-13(3)4/h6-9,11-14H,10H2,1-5H3,(H,22,25)/t14-/m0/s1. The SMILES string of the molecule is CC(C)OC(=O)[C@@H](C)CNC(=O)c1cnn(-c2ccc(Cl)cc2)c1C(C)C. The van der Waals surface area contributed by atoms with Gasteiger partial charge in [0.1, 0.15) is 0 Å². The predicted molar refractivity (Wildman–Crippen MR) is 105 cm³/mol. The number of ether oxygens (including phenoxy) is 1. The average Bonchev–Trinajstić information content (AvgIpc) is 3.04. The molecule has 0 unspecified atom stereocenters. The third kappa shape index (κ3) is 5.32. The zero-order chi connectivity index (χ0) is 20.1. The van der Waals surface area contributed by atoms with Crippen molar-refractivity contribution >= 4 is 23.5 Å². The summed E-state index contributed by atoms with van der Waals surface area (Å²) in [6.45, 7) is 9.53. The van der Waals surface area contributed by atoms with Crippen LogP contribution in [0.4, 0.5) is 0 Å². The highest BCUT2D eigenvalue weighted by Gasteiger charge is 2.22. The number of hydrogen-bond acceptors (Lipinski definition) is 4. The van der Waals surface area contributed by atoms with E-state index in [2.05, 4.69) is 10.4 Å². The van der Waals surface area contributed by atoms with Crippen LogP contribution in [0.3, 0.4) is 0 Å². The van der Waals surface area contributed by atoms with Crippen molar-refractivity contribution in [3.8, 4) is 5.69 Å².